The van der Waals surface area contributed by atoms with Gasteiger partial charge in [-0.2, -0.15) is 0 Å². The molecule has 2 aliphatic carbocycles. The first kappa shape index (κ1) is 12.2. The highest BCUT2D eigenvalue weighted by molar-refractivity contribution is 5.66. The smallest absolute Gasteiger partial charge is 0.328 e. The number of hydrogen-bond donors (Lipinski definition) is 1. The minimum Gasteiger partial charge on any atom is -0.465 e. The number of carbonyl (C=O) groups is 1. The highest BCUT2D eigenvalue weighted by Gasteiger charge is 2.62. The predicted molar refractivity (Wildman–Crippen MR) is 66.8 cm³/mol. The molecule has 0 aliphatic heterocycles. The molecule has 1 aromatic rings. The molecular formula is C13H16N2O4. The van der Waals surface area contributed by atoms with Crippen molar-refractivity contribution in [1.82, 2.24) is 9.55 Å². The summed E-state index contributed by atoms with van der Waals surface area (Å²) in [5, 5.41) is 0. The van der Waals surface area contributed by atoms with Crippen LogP contribution in [0.4, 0.5) is 0 Å². The third-order valence-electron chi connectivity index (χ3n) is 4.43. The molecule has 0 spiro atoms. The number of rotatable bonds is 3. The average Bonchev–Trinajstić information content (AvgIpc) is 2.95. The van der Waals surface area contributed by atoms with Gasteiger partial charge in [0.1, 0.15) is 0 Å². The van der Waals surface area contributed by atoms with Crippen molar-refractivity contribution < 1.29 is 9.53 Å². The Hall–Kier alpha value is -1.85. The van der Waals surface area contributed by atoms with Crippen LogP contribution in [0.3, 0.4) is 0 Å². The van der Waals surface area contributed by atoms with Gasteiger partial charge >= 0.3 is 11.7 Å². The lowest BCUT2D eigenvalue weighted by molar-refractivity contribution is -0.142. The molecule has 2 fully saturated rings. The zero-order valence-corrected chi connectivity index (χ0v) is 10.7. The van der Waals surface area contributed by atoms with Crippen LogP contribution in [0.25, 0.3) is 0 Å². The molecule has 0 bridgehead atoms. The van der Waals surface area contributed by atoms with Crippen LogP contribution in [0.1, 0.15) is 32.2 Å². The third kappa shape index (κ3) is 2.01. The van der Waals surface area contributed by atoms with Crippen molar-refractivity contribution in [2.24, 2.45) is 11.3 Å². The van der Waals surface area contributed by atoms with Crippen molar-refractivity contribution in [1.29, 1.82) is 0 Å². The van der Waals surface area contributed by atoms with Crippen molar-refractivity contribution >= 4 is 5.97 Å². The first-order chi connectivity index (χ1) is 9.02. The van der Waals surface area contributed by atoms with E-state index in [4.69, 9.17) is 4.74 Å². The van der Waals surface area contributed by atoms with Crippen LogP contribution < -0.4 is 11.2 Å². The van der Waals surface area contributed by atoms with Crippen LogP contribution in [-0.4, -0.2) is 22.1 Å². The minimum atomic E-state index is -0.374. The Labute approximate surface area is 109 Å². The van der Waals surface area contributed by atoms with E-state index < -0.39 is 0 Å². The van der Waals surface area contributed by atoms with Crippen LogP contribution in [0.2, 0.25) is 0 Å². The van der Waals surface area contributed by atoms with E-state index in [2.05, 4.69) is 4.98 Å². The zero-order valence-electron chi connectivity index (χ0n) is 10.7. The van der Waals surface area contributed by atoms with Gasteiger partial charge in [-0.3, -0.25) is 19.1 Å². The number of esters is 1. The second kappa shape index (κ2) is 4.08. The summed E-state index contributed by atoms with van der Waals surface area (Å²) >= 11 is 0. The molecule has 1 N–H and O–H groups in total. The SMILES string of the molecule is CC(=O)OC[C@]12CC[C@H](n3ccc(=O)[nH]c3=O)[C@H]1C2. The van der Waals surface area contributed by atoms with Crippen LogP contribution in [-0.2, 0) is 9.53 Å². The zero-order chi connectivity index (χ0) is 13.6. The molecule has 2 aliphatic rings. The van der Waals surface area contributed by atoms with Gasteiger partial charge in [0, 0.05) is 30.6 Å². The van der Waals surface area contributed by atoms with Crippen molar-refractivity contribution in [3.05, 3.63) is 33.1 Å². The number of hydrogen-bond acceptors (Lipinski definition) is 4. The first-order valence-electron chi connectivity index (χ1n) is 6.47. The van der Waals surface area contributed by atoms with Crippen molar-refractivity contribution in [2.75, 3.05) is 6.61 Å². The van der Waals surface area contributed by atoms with E-state index in [0.29, 0.717) is 12.5 Å². The lowest BCUT2D eigenvalue weighted by atomic mass is 10.1. The number of H-pyrrole nitrogens is 1. The summed E-state index contributed by atoms with van der Waals surface area (Å²) in [5.41, 5.74) is -0.666. The number of nitrogens with zero attached hydrogens (tertiary/aromatic N) is 1. The molecule has 6 heteroatoms. The highest BCUT2D eigenvalue weighted by atomic mass is 16.5. The van der Waals surface area contributed by atoms with E-state index in [-0.39, 0.29) is 28.7 Å². The summed E-state index contributed by atoms with van der Waals surface area (Å²) in [7, 11) is 0. The topological polar surface area (TPSA) is 81.2 Å². The third-order valence-corrected chi connectivity index (χ3v) is 4.43. The van der Waals surface area contributed by atoms with Crippen molar-refractivity contribution in [3.63, 3.8) is 0 Å². The number of nitrogens with one attached hydrogen (secondary N) is 1. The van der Waals surface area contributed by atoms with Gasteiger partial charge in [-0.05, 0) is 25.2 Å². The highest BCUT2D eigenvalue weighted by Crippen LogP contribution is 2.67. The molecule has 3 rings (SSSR count). The summed E-state index contributed by atoms with van der Waals surface area (Å²) in [5.74, 6) is 0.111. The molecule has 0 saturated heterocycles. The Balaban J connectivity index is 1.78. The van der Waals surface area contributed by atoms with E-state index in [0.717, 1.165) is 19.3 Å². The average molecular weight is 264 g/mol. The van der Waals surface area contributed by atoms with Gasteiger partial charge in [-0.1, -0.05) is 0 Å². The normalized spacial score (nSPS) is 31.8. The number of ether oxygens (including phenoxy) is 1. The van der Waals surface area contributed by atoms with E-state index in [9.17, 15) is 14.4 Å². The fourth-order valence-corrected chi connectivity index (χ4v) is 3.35. The first-order valence-corrected chi connectivity index (χ1v) is 6.47. The number of carbonyl (C=O) groups excluding carboxylic acids is 1. The standard InChI is InChI=1S/C13H16N2O4/c1-8(16)19-7-13-4-2-10(9(13)6-13)15-5-3-11(17)14-12(15)18/h3,5,9-10H,2,4,6-7H2,1H3,(H,14,17,18)/t9-,10+,13-/m1/s1. The lowest BCUT2D eigenvalue weighted by Crippen LogP contribution is -2.31. The van der Waals surface area contributed by atoms with Gasteiger partial charge in [0.2, 0.25) is 0 Å². The molecular weight excluding hydrogens is 248 g/mol. The van der Waals surface area contributed by atoms with Gasteiger partial charge in [0.05, 0.1) is 6.61 Å². The number of fused-ring (bicyclic) bond motifs is 1. The Morgan fingerprint density at radius 1 is 1.58 bits per heavy atom. The van der Waals surface area contributed by atoms with Gasteiger partial charge < -0.3 is 4.74 Å². The Bertz CT molecular complexity index is 632. The van der Waals surface area contributed by atoms with Crippen molar-refractivity contribution in [2.45, 2.75) is 32.2 Å². The van der Waals surface area contributed by atoms with E-state index >= 15 is 0 Å². The van der Waals surface area contributed by atoms with Crippen LogP contribution >= 0.6 is 0 Å². The molecule has 3 atom stereocenters. The fraction of sp³-hybridized carbons (Fsp3) is 0.615. The molecule has 102 valence electrons. The predicted octanol–water partition coefficient (Wildman–Crippen LogP) is 0.441. The number of aromatic amines is 1. The maximum atomic E-state index is 11.8. The minimum absolute atomic E-state index is 0.0614. The summed E-state index contributed by atoms with van der Waals surface area (Å²) in [6.45, 7) is 1.86. The summed E-state index contributed by atoms with van der Waals surface area (Å²) < 4.78 is 6.73. The van der Waals surface area contributed by atoms with Gasteiger partial charge in [0.15, 0.2) is 0 Å². The van der Waals surface area contributed by atoms with Gasteiger partial charge in [0.25, 0.3) is 5.56 Å². The second-order valence-corrected chi connectivity index (χ2v) is 5.58. The largest absolute Gasteiger partial charge is 0.465 e. The Morgan fingerprint density at radius 2 is 2.37 bits per heavy atom. The summed E-state index contributed by atoms with van der Waals surface area (Å²) in [6.07, 6.45) is 4.39. The van der Waals surface area contributed by atoms with Gasteiger partial charge in [-0.15, -0.1) is 0 Å². The second-order valence-electron chi connectivity index (χ2n) is 5.58. The molecule has 0 amide bonds. The van der Waals surface area contributed by atoms with E-state index in [1.165, 1.54) is 13.0 Å². The summed E-state index contributed by atoms with van der Waals surface area (Å²) in [6, 6.07) is 1.48. The maximum Gasteiger partial charge on any atom is 0.328 e. The quantitative estimate of drug-likeness (QED) is 0.803. The Kier molecular flexibility index (Phi) is 2.62. The molecule has 0 unspecified atom stereocenters. The molecule has 1 aromatic heterocycles. The molecule has 19 heavy (non-hydrogen) atoms. The van der Waals surface area contributed by atoms with E-state index in [1.54, 1.807) is 10.8 Å². The van der Waals surface area contributed by atoms with Gasteiger partial charge in [-0.25, -0.2) is 4.79 Å². The van der Waals surface area contributed by atoms with Crippen LogP contribution in [0.5, 0.6) is 0 Å². The fourth-order valence-electron chi connectivity index (χ4n) is 3.35. The molecule has 2 saturated carbocycles. The molecule has 0 aromatic carbocycles. The molecule has 1 heterocycles. The maximum absolute atomic E-state index is 11.8. The Morgan fingerprint density at radius 3 is 3.00 bits per heavy atom. The van der Waals surface area contributed by atoms with E-state index in [1.807, 2.05) is 0 Å². The monoisotopic (exact) mass is 264 g/mol. The number of aromatic nitrogens is 2. The molecule has 0 radical (unpaired) electrons. The lowest BCUT2D eigenvalue weighted by Gasteiger charge is -2.14. The van der Waals surface area contributed by atoms with Crippen molar-refractivity contribution in [3.8, 4) is 0 Å². The van der Waals surface area contributed by atoms with Crippen LogP contribution in [0.15, 0.2) is 21.9 Å². The van der Waals surface area contributed by atoms with Crippen LogP contribution in [0, 0.1) is 11.3 Å². The molecule has 6 nitrogen and oxygen atoms in total. The summed E-state index contributed by atoms with van der Waals surface area (Å²) in [4.78, 5) is 36.0.